The summed E-state index contributed by atoms with van der Waals surface area (Å²) in [6.07, 6.45) is 9.24. The third-order valence-electron chi connectivity index (χ3n) is 4.71. The summed E-state index contributed by atoms with van der Waals surface area (Å²) in [5.41, 5.74) is 1.55. The number of aromatic nitrogens is 4. The molecule has 0 atom stereocenters. The molecule has 6 heteroatoms. The third kappa shape index (κ3) is 4.23. The van der Waals surface area contributed by atoms with Crippen LogP contribution in [0.25, 0.3) is 23.5 Å². The van der Waals surface area contributed by atoms with Gasteiger partial charge >= 0.3 is 0 Å². The number of likely N-dealkylation sites (tertiary alicyclic amines) is 1. The monoisotopic (exact) mass is 361 g/mol. The smallest absolute Gasteiger partial charge is 0.174 e. The van der Waals surface area contributed by atoms with Gasteiger partial charge in [0.05, 0.1) is 17.9 Å². The Balaban J connectivity index is 1.66. The number of hydrogen-bond donors (Lipinski definition) is 1. The summed E-state index contributed by atoms with van der Waals surface area (Å²) >= 11 is 0. The van der Waals surface area contributed by atoms with Gasteiger partial charge in [-0.3, -0.25) is 9.88 Å². The number of hydrogen-bond acceptors (Lipinski definition) is 5. The van der Waals surface area contributed by atoms with E-state index < -0.39 is 0 Å². The molecule has 3 aromatic rings. The van der Waals surface area contributed by atoms with E-state index >= 15 is 0 Å². The van der Waals surface area contributed by atoms with E-state index in [0.717, 1.165) is 18.8 Å². The van der Waals surface area contributed by atoms with E-state index in [1.54, 1.807) is 12.3 Å². The lowest BCUT2D eigenvalue weighted by atomic mass is 10.1. The first-order valence-corrected chi connectivity index (χ1v) is 9.34. The second-order valence-corrected chi connectivity index (χ2v) is 6.72. The molecule has 0 aliphatic carbocycles. The molecule has 1 aliphatic heterocycles. The van der Waals surface area contributed by atoms with Crippen molar-refractivity contribution in [2.75, 3.05) is 13.1 Å². The summed E-state index contributed by atoms with van der Waals surface area (Å²) in [7, 11) is 0. The highest BCUT2D eigenvalue weighted by Crippen LogP contribution is 2.28. The molecule has 0 saturated carbocycles. The van der Waals surface area contributed by atoms with E-state index in [4.69, 9.17) is 0 Å². The zero-order chi connectivity index (χ0) is 18.5. The van der Waals surface area contributed by atoms with E-state index in [1.165, 1.54) is 19.3 Å². The van der Waals surface area contributed by atoms with Crippen LogP contribution in [0.4, 0.5) is 0 Å². The molecule has 3 heterocycles. The molecule has 0 spiro atoms. The molecule has 1 fully saturated rings. The van der Waals surface area contributed by atoms with E-state index in [2.05, 4.69) is 20.0 Å². The number of piperidine rings is 1. The lowest BCUT2D eigenvalue weighted by Crippen LogP contribution is -2.32. The Bertz CT molecular complexity index is 913. The van der Waals surface area contributed by atoms with Crippen LogP contribution in [0.5, 0.6) is 5.75 Å². The molecule has 138 valence electrons. The van der Waals surface area contributed by atoms with Crippen molar-refractivity contribution in [3.8, 4) is 17.1 Å². The van der Waals surface area contributed by atoms with E-state index in [-0.39, 0.29) is 5.75 Å². The fourth-order valence-electron chi connectivity index (χ4n) is 3.32. The first-order chi connectivity index (χ1) is 13.3. The summed E-state index contributed by atoms with van der Waals surface area (Å²) in [6, 6.07) is 13.0. The average Bonchev–Trinajstić information content (AvgIpc) is 3.11. The van der Waals surface area contributed by atoms with Gasteiger partial charge in [0, 0.05) is 6.20 Å². The molecule has 6 nitrogen and oxygen atoms in total. The fraction of sp³-hybridized carbons (Fsp3) is 0.286. The van der Waals surface area contributed by atoms with Crippen molar-refractivity contribution < 1.29 is 5.11 Å². The normalized spacial score (nSPS) is 15.4. The maximum Gasteiger partial charge on any atom is 0.174 e. The fourth-order valence-corrected chi connectivity index (χ4v) is 3.32. The summed E-state index contributed by atoms with van der Waals surface area (Å²) in [5, 5.41) is 15.0. The van der Waals surface area contributed by atoms with Crippen LogP contribution in [-0.4, -0.2) is 42.8 Å². The summed E-state index contributed by atoms with van der Waals surface area (Å²) < 4.78 is 1.89. The van der Waals surface area contributed by atoms with Crippen molar-refractivity contribution in [1.82, 2.24) is 24.6 Å². The molecular weight excluding hydrogens is 338 g/mol. The second kappa shape index (κ2) is 8.14. The first kappa shape index (κ1) is 17.4. The number of pyridine rings is 1. The molecule has 4 rings (SSSR count). The van der Waals surface area contributed by atoms with Crippen LogP contribution in [0.3, 0.4) is 0 Å². The molecule has 0 unspecified atom stereocenters. The summed E-state index contributed by atoms with van der Waals surface area (Å²) in [5.74, 6) is 1.50. The van der Waals surface area contributed by atoms with Crippen LogP contribution in [0.1, 0.15) is 30.8 Å². The Hall–Kier alpha value is -2.99. The molecule has 0 bridgehead atoms. The van der Waals surface area contributed by atoms with E-state index in [9.17, 15) is 5.11 Å². The predicted octanol–water partition coefficient (Wildman–Crippen LogP) is 3.66. The van der Waals surface area contributed by atoms with Crippen LogP contribution < -0.4 is 0 Å². The molecular formula is C21H23N5O. The highest BCUT2D eigenvalue weighted by Gasteiger charge is 2.17. The number of phenols is 1. The van der Waals surface area contributed by atoms with Crippen molar-refractivity contribution in [3.05, 3.63) is 60.2 Å². The molecule has 0 amide bonds. The Labute approximate surface area is 158 Å². The topological polar surface area (TPSA) is 67.1 Å². The largest absolute Gasteiger partial charge is 0.507 e. The number of benzene rings is 1. The Kier molecular flexibility index (Phi) is 5.25. The molecule has 2 aromatic heterocycles. The quantitative estimate of drug-likeness (QED) is 0.751. The van der Waals surface area contributed by atoms with Crippen LogP contribution in [-0.2, 0) is 6.67 Å². The van der Waals surface area contributed by atoms with E-state index in [1.807, 2.05) is 53.2 Å². The maximum atomic E-state index is 10.3. The minimum absolute atomic E-state index is 0.213. The van der Waals surface area contributed by atoms with Crippen LogP contribution >= 0.6 is 0 Å². The number of para-hydroxylation sites is 1. The van der Waals surface area contributed by atoms with Crippen molar-refractivity contribution >= 4 is 12.2 Å². The van der Waals surface area contributed by atoms with Gasteiger partial charge in [0.2, 0.25) is 0 Å². The van der Waals surface area contributed by atoms with Gasteiger partial charge in [-0.05, 0) is 62.3 Å². The molecule has 1 aromatic carbocycles. The van der Waals surface area contributed by atoms with Crippen molar-refractivity contribution in [3.63, 3.8) is 0 Å². The second-order valence-electron chi connectivity index (χ2n) is 6.72. The first-order valence-electron chi connectivity index (χ1n) is 9.34. The van der Waals surface area contributed by atoms with Crippen molar-refractivity contribution in [1.29, 1.82) is 0 Å². The molecule has 0 radical (unpaired) electrons. The average molecular weight is 361 g/mol. The van der Waals surface area contributed by atoms with Gasteiger partial charge < -0.3 is 5.11 Å². The third-order valence-corrected chi connectivity index (χ3v) is 4.71. The predicted molar refractivity (Wildman–Crippen MR) is 106 cm³/mol. The van der Waals surface area contributed by atoms with E-state index in [0.29, 0.717) is 23.9 Å². The molecule has 1 aliphatic rings. The molecule has 1 saturated heterocycles. The summed E-state index contributed by atoms with van der Waals surface area (Å²) in [6.45, 7) is 2.81. The minimum Gasteiger partial charge on any atom is -0.507 e. The zero-order valence-corrected chi connectivity index (χ0v) is 15.2. The number of nitrogens with zero attached hydrogens (tertiary/aromatic N) is 5. The van der Waals surface area contributed by atoms with Crippen LogP contribution in [0.2, 0.25) is 0 Å². The SMILES string of the molecule is Oc1ccccc1-c1nc(/C=C/c2ccccn2)nn1CN1CCCCC1. The van der Waals surface area contributed by atoms with Crippen LogP contribution in [0, 0.1) is 0 Å². The Morgan fingerprint density at radius 2 is 1.78 bits per heavy atom. The lowest BCUT2D eigenvalue weighted by molar-refractivity contribution is 0.174. The lowest BCUT2D eigenvalue weighted by Gasteiger charge is -2.26. The standard InChI is InChI=1S/C21H23N5O/c27-19-10-3-2-9-18(19)21-23-20(12-11-17-8-4-5-13-22-17)24-26(21)16-25-14-6-1-7-15-25/h2-5,8-13,27H,1,6-7,14-16H2/b12-11+. The van der Waals surface area contributed by atoms with Gasteiger partial charge in [-0.1, -0.05) is 24.6 Å². The maximum absolute atomic E-state index is 10.3. The van der Waals surface area contributed by atoms with Gasteiger partial charge in [-0.2, -0.15) is 0 Å². The van der Waals surface area contributed by atoms with Gasteiger partial charge in [-0.25, -0.2) is 9.67 Å². The number of rotatable bonds is 5. The van der Waals surface area contributed by atoms with Gasteiger partial charge in [0.25, 0.3) is 0 Å². The van der Waals surface area contributed by atoms with Gasteiger partial charge in [-0.15, -0.1) is 5.10 Å². The van der Waals surface area contributed by atoms with Gasteiger partial charge in [0.1, 0.15) is 5.75 Å². The Morgan fingerprint density at radius 1 is 0.963 bits per heavy atom. The molecule has 1 N–H and O–H groups in total. The Morgan fingerprint density at radius 3 is 2.56 bits per heavy atom. The number of aromatic hydroxyl groups is 1. The summed E-state index contributed by atoms with van der Waals surface area (Å²) in [4.78, 5) is 11.3. The van der Waals surface area contributed by atoms with Crippen LogP contribution in [0.15, 0.2) is 48.7 Å². The van der Waals surface area contributed by atoms with Crippen molar-refractivity contribution in [2.24, 2.45) is 0 Å². The number of phenolic OH excluding ortho intramolecular Hbond substituents is 1. The highest BCUT2D eigenvalue weighted by atomic mass is 16.3. The van der Waals surface area contributed by atoms with Crippen molar-refractivity contribution in [2.45, 2.75) is 25.9 Å². The zero-order valence-electron chi connectivity index (χ0n) is 15.2. The van der Waals surface area contributed by atoms with Gasteiger partial charge in [0.15, 0.2) is 11.6 Å². The minimum atomic E-state index is 0.213. The molecule has 27 heavy (non-hydrogen) atoms. The highest BCUT2D eigenvalue weighted by molar-refractivity contribution is 5.68.